The molecule has 1 N–H and O–H groups in total. The van der Waals surface area contributed by atoms with Crippen molar-refractivity contribution in [2.24, 2.45) is 17.8 Å². The molecule has 3 rings (SSSR count). The maximum atomic E-state index is 5.51. The van der Waals surface area contributed by atoms with Crippen molar-refractivity contribution in [3.05, 3.63) is 11.7 Å². The Morgan fingerprint density at radius 2 is 1.81 bits per heavy atom. The van der Waals surface area contributed by atoms with Gasteiger partial charge in [0.1, 0.15) is 0 Å². The van der Waals surface area contributed by atoms with Crippen LogP contribution in [0.25, 0.3) is 0 Å². The van der Waals surface area contributed by atoms with E-state index < -0.39 is 0 Å². The standard InChI is InChI=1S/C17H29N3O/c1-12(2)14-3-5-15(6-4-14)17-19-16(21-20-17)11-13-7-9-18-10-8-13/h12-15,18H,3-11H2,1-2H3. The molecule has 21 heavy (non-hydrogen) atoms. The number of rotatable bonds is 4. The number of aromatic nitrogens is 2. The van der Waals surface area contributed by atoms with Gasteiger partial charge in [-0.2, -0.15) is 4.98 Å². The highest BCUT2D eigenvalue weighted by molar-refractivity contribution is 4.98. The van der Waals surface area contributed by atoms with Crippen LogP contribution in [-0.2, 0) is 6.42 Å². The first-order chi connectivity index (χ1) is 10.2. The minimum Gasteiger partial charge on any atom is -0.339 e. The molecule has 0 unspecified atom stereocenters. The summed E-state index contributed by atoms with van der Waals surface area (Å²) in [6, 6.07) is 0. The molecule has 1 saturated heterocycles. The summed E-state index contributed by atoms with van der Waals surface area (Å²) < 4.78 is 5.51. The fraction of sp³-hybridized carbons (Fsp3) is 0.882. The van der Waals surface area contributed by atoms with Gasteiger partial charge in [0.05, 0.1) is 0 Å². The fourth-order valence-electron chi connectivity index (χ4n) is 3.89. The summed E-state index contributed by atoms with van der Waals surface area (Å²) in [5, 5.41) is 7.68. The van der Waals surface area contributed by atoms with Crippen LogP contribution in [0.5, 0.6) is 0 Å². The summed E-state index contributed by atoms with van der Waals surface area (Å²) in [5.41, 5.74) is 0. The van der Waals surface area contributed by atoms with Crippen molar-refractivity contribution >= 4 is 0 Å². The number of hydrogen-bond acceptors (Lipinski definition) is 4. The van der Waals surface area contributed by atoms with Gasteiger partial charge in [-0.3, -0.25) is 0 Å². The van der Waals surface area contributed by atoms with E-state index in [2.05, 4.69) is 24.3 Å². The first kappa shape index (κ1) is 15.0. The SMILES string of the molecule is CC(C)C1CCC(c2noc(CC3CCNCC3)n2)CC1. The third-order valence-corrected chi connectivity index (χ3v) is 5.49. The van der Waals surface area contributed by atoms with E-state index in [0.29, 0.717) is 5.92 Å². The molecule has 2 fully saturated rings. The van der Waals surface area contributed by atoms with Crippen LogP contribution in [0.4, 0.5) is 0 Å². The summed E-state index contributed by atoms with van der Waals surface area (Å²) in [4.78, 5) is 4.70. The van der Waals surface area contributed by atoms with E-state index in [0.717, 1.165) is 49.0 Å². The van der Waals surface area contributed by atoms with E-state index in [1.165, 1.54) is 38.5 Å². The fourth-order valence-corrected chi connectivity index (χ4v) is 3.89. The lowest BCUT2D eigenvalue weighted by Gasteiger charge is -2.29. The maximum absolute atomic E-state index is 5.51. The molecule has 1 aliphatic carbocycles. The van der Waals surface area contributed by atoms with Gasteiger partial charge in [0, 0.05) is 12.3 Å². The molecule has 2 heterocycles. The second-order valence-corrected chi connectivity index (χ2v) is 7.30. The lowest BCUT2D eigenvalue weighted by atomic mass is 9.77. The second kappa shape index (κ2) is 6.91. The first-order valence-corrected chi connectivity index (χ1v) is 8.75. The smallest absolute Gasteiger partial charge is 0.226 e. The summed E-state index contributed by atoms with van der Waals surface area (Å²) in [7, 11) is 0. The molecule has 0 spiro atoms. The van der Waals surface area contributed by atoms with Crippen LogP contribution >= 0.6 is 0 Å². The van der Waals surface area contributed by atoms with Crippen LogP contribution in [0.1, 0.15) is 70.0 Å². The molecule has 0 aromatic carbocycles. The van der Waals surface area contributed by atoms with Gasteiger partial charge >= 0.3 is 0 Å². The normalized spacial score (nSPS) is 28.1. The van der Waals surface area contributed by atoms with E-state index in [1.807, 2.05) is 0 Å². The van der Waals surface area contributed by atoms with E-state index in [1.54, 1.807) is 0 Å². The molecule has 0 bridgehead atoms. The zero-order valence-corrected chi connectivity index (χ0v) is 13.5. The van der Waals surface area contributed by atoms with Crippen molar-refractivity contribution in [1.82, 2.24) is 15.5 Å². The monoisotopic (exact) mass is 291 g/mol. The van der Waals surface area contributed by atoms with Gasteiger partial charge in [0.15, 0.2) is 5.82 Å². The zero-order chi connectivity index (χ0) is 14.7. The summed E-state index contributed by atoms with van der Waals surface area (Å²) in [5.74, 6) is 4.79. The lowest BCUT2D eigenvalue weighted by molar-refractivity contribution is 0.251. The quantitative estimate of drug-likeness (QED) is 0.922. The van der Waals surface area contributed by atoms with E-state index >= 15 is 0 Å². The van der Waals surface area contributed by atoms with Gasteiger partial charge in [-0.1, -0.05) is 19.0 Å². The minimum absolute atomic E-state index is 0.533. The van der Waals surface area contributed by atoms with Crippen LogP contribution in [0, 0.1) is 17.8 Å². The molecular formula is C17H29N3O. The van der Waals surface area contributed by atoms with E-state index in [-0.39, 0.29) is 0 Å². The predicted octanol–water partition coefficient (Wildman–Crippen LogP) is 3.54. The molecule has 1 aromatic rings. The molecule has 1 aliphatic heterocycles. The van der Waals surface area contributed by atoms with Gasteiger partial charge in [0.2, 0.25) is 5.89 Å². The Morgan fingerprint density at radius 1 is 1.10 bits per heavy atom. The molecule has 2 aliphatic rings. The van der Waals surface area contributed by atoms with E-state index in [9.17, 15) is 0 Å². The van der Waals surface area contributed by atoms with Crippen molar-refractivity contribution in [3.8, 4) is 0 Å². The Morgan fingerprint density at radius 3 is 2.48 bits per heavy atom. The predicted molar refractivity (Wildman–Crippen MR) is 83.1 cm³/mol. The molecule has 0 atom stereocenters. The average Bonchev–Trinajstić information content (AvgIpc) is 2.97. The molecule has 1 aromatic heterocycles. The molecule has 4 heteroatoms. The lowest BCUT2D eigenvalue weighted by Crippen LogP contribution is -2.28. The highest BCUT2D eigenvalue weighted by Gasteiger charge is 2.27. The van der Waals surface area contributed by atoms with Crippen LogP contribution in [0.3, 0.4) is 0 Å². The first-order valence-electron chi connectivity index (χ1n) is 8.75. The van der Waals surface area contributed by atoms with Crippen LogP contribution in [-0.4, -0.2) is 23.2 Å². The molecule has 0 amide bonds. The molecular weight excluding hydrogens is 262 g/mol. The van der Waals surface area contributed by atoms with Crippen molar-refractivity contribution in [2.75, 3.05) is 13.1 Å². The summed E-state index contributed by atoms with van der Waals surface area (Å²) >= 11 is 0. The van der Waals surface area contributed by atoms with Gasteiger partial charge in [-0.25, -0.2) is 0 Å². The number of nitrogens with zero attached hydrogens (tertiary/aromatic N) is 2. The number of piperidine rings is 1. The van der Waals surface area contributed by atoms with E-state index in [4.69, 9.17) is 9.51 Å². The Hall–Kier alpha value is -0.900. The molecule has 1 saturated carbocycles. The molecule has 0 radical (unpaired) electrons. The minimum atomic E-state index is 0.533. The number of hydrogen-bond donors (Lipinski definition) is 1. The third-order valence-electron chi connectivity index (χ3n) is 5.49. The van der Waals surface area contributed by atoms with Gasteiger partial charge < -0.3 is 9.84 Å². The second-order valence-electron chi connectivity index (χ2n) is 7.30. The van der Waals surface area contributed by atoms with Crippen LogP contribution < -0.4 is 5.32 Å². The van der Waals surface area contributed by atoms with Crippen molar-refractivity contribution in [3.63, 3.8) is 0 Å². The van der Waals surface area contributed by atoms with Crippen molar-refractivity contribution in [2.45, 2.75) is 64.7 Å². The largest absolute Gasteiger partial charge is 0.339 e. The Kier molecular flexibility index (Phi) is 4.94. The Labute approximate surface area is 128 Å². The third kappa shape index (κ3) is 3.85. The average molecular weight is 291 g/mol. The summed E-state index contributed by atoms with van der Waals surface area (Å²) in [6.45, 7) is 6.95. The topological polar surface area (TPSA) is 51.0 Å². The van der Waals surface area contributed by atoms with Crippen molar-refractivity contribution < 1.29 is 4.52 Å². The van der Waals surface area contributed by atoms with Crippen molar-refractivity contribution in [1.29, 1.82) is 0 Å². The molecule has 118 valence electrons. The van der Waals surface area contributed by atoms with Crippen LogP contribution in [0.15, 0.2) is 4.52 Å². The summed E-state index contributed by atoms with van der Waals surface area (Å²) in [6.07, 6.45) is 8.54. The highest BCUT2D eigenvalue weighted by atomic mass is 16.5. The Balaban J connectivity index is 1.53. The highest BCUT2D eigenvalue weighted by Crippen LogP contribution is 2.37. The van der Waals surface area contributed by atoms with Gasteiger partial charge in [-0.15, -0.1) is 0 Å². The number of nitrogens with one attached hydrogen (secondary N) is 1. The molecule has 4 nitrogen and oxygen atoms in total. The Bertz CT molecular complexity index is 429. The zero-order valence-electron chi connectivity index (χ0n) is 13.5. The van der Waals surface area contributed by atoms with Crippen LogP contribution in [0.2, 0.25) is 0 Å². The van der Waals surface area contributed by atoms with Gasteiger partial charge in [-0.05, 0) is 69.4 Å². The maximum Gasteiger partial charge on any atom is 0.226 e. The van der Waals surface area contributed by atoms with Gasteiger partial charge in [0.25, 0.3) is 0 Å².